The third-order valence-electron chi connectivity index (χ3n) is 2.05. The fourth-order valence-electron chi connectivity index (χ4n) is 1.37. The van der Waals surface area contributed by atoms with E-state index in [0.29, 0.717) is 6.73 Å². The van der Waals surface area contributed by atoms with Gasteiger partial charge in [0.15, 0.2) is 0 Å². The normalized spacial score (nSPS) is 21.3. The van der Waals surface area contributed by atoms with Crippen LogP contribution in [0.5, 0.6) is 0 Å². The quantitative estimate of drug-likeness (QED) is 0.668. The molecule has 3 heteroatoms. The molecule has 0 bridgehead atoms. The number of hydrogen-bond donors (Lipinski definition) is 1. The van der Waals surface area contributed by atoms with Gasteiger partial charge in [0.2, 0.25) is 0 Å². The fourth-order valence-corrected chi connectivity index (χ4v) is 1.54. The monoisotopic (exact) mass is 183 g/mol. The molecule has 1 aliphatic heterocycles. The highest BCUT2D eigenvalue weighted by Crippen LogP contribution is 2.31. The molecule has 1 aromatic carbocycles. The minimum atomic E-state index is 0.165. The zero-order valence-corrected chi connectivity index (χ0v) is 7.56. The lowest BCUT2D eigenvalue weighted by atomic mass is 10.1. The number of hydrogen-bond acceptors (Lipinski definition) is 2. The third-order valence-corrected chi connectivity index (χ3v) is 2.28. The van der Waals surface area contributed by atoms with Crippen molar-refractivity contribution in [3.8, 4) is 0 Å². The minimum Gasteiger partial charge on any atom is -0.362 e. The highest BCUT2D eigenvalue weighted by atomic mass is 35.5. The van der Waals surface area contributed by atoms with E-state index in [1.54, 1.807) is 0 Å². The Morgan fingerprint density at radius 2 is 2.42 bits per heavy atom. The van der Waals surface area contributed by atoms with Gasteiger partial charge in [-0.1, -0.05) is 17.7 Å². The standard InChI is InChI=1S/C9H10ClNO/c1-6-8-3-2-7(10)4-9(8)11-5-12-6/h2-4,6,11H,5H2,1H3. The summed E-state index contributed by atoms with van der Waals surface area (Å²) in [6.45, 7) is 2.60. The first-order valence-corrected chi connectivity index (χ1v) is 4.30. The molecule has 0 spiro atoms. The van der Waals surface area contributed by atoms with Crippen LogP contribution in [0.3, 0.4) is 0 Å². The van der Waals surface area contributed by atoms with Gasteiger partial charge < -0.3 is 10.1 Å². The molecule has 2 rings (SSSR count). The van der Waals surface area contributed by atoms with Crippen LogP contribution in [0.25, 0.3) is 0 Å². The molecule has 1 aliphatic rings. The molecule has 0 fully saturated rings. The molecule has 1 aromatic rings. The second-order valence-electron chi connectivity index (χ2n) is 2.86. The van der Waals surface area contributed by atoms with E-state index in [1.807, 2.05) is 25.1 Å². The van der Waals surface area contributed by atoms with E-state index in [0.717, 1.165) is 10.7 Å². The van der Waals surface area contributed by atoms with Gasteiger partial charge in [-0.3, -0.25) is 0 Å². The van der Waals surface area contributed by atoms with Crippen molar-refractivity contribution in [3.63, 3.8) is 0 Å². The molecule has 0 saturated carbocycles. The molecule has 1 atom stereocenters. The van der Waals surface area contributed by atoms with E-state index >= 15 is 0 Å². The van der Waals surface area contributed by atoms with E-state index in [1.165, 1.54) is 5.56 Å². The summed E-state index contributed by atoms with van der Waals surface area (Å²) in [5.74, 6) is 0. The van der Waals surface area contributed by atoms with E-state index in [4.69, 9.17) is 16.3 Å². The van der Waals surface area contributed by atoms with Crippen molar-refractivity contribution in [3.05, 3.63) is 28.8 Å². The maximum Gasteiger partial charge on any atom is 0.117 e. The van der Waals surface area contributed by atoms with Gasteiger partial charge in [-0.2, -0.15) is 0 Å². The molecule has 1 unspecified atom stereocenters. The van der Waals surface area contributed by atoms with Crippen molar-refractivity contribution < 1.29 is 4.74 Å². The molecule has 64 valence electrons. The van der Waals surface area contributed by atoms with E-state index < -0.39 is 0 Å². The molecule has 0 aliphatic carbocycles. The second-order valence-corrected chi connectivity index (χ2v) is 3.30. The van der Waals surface area contributed by atoms with Crippen LogP contribution in [0.2, 0.25) is 5.02 Å². The molecule has 12 heavy (non-hydrogen) atoms. The topological polar surface area (TPSA) is 21.3 Å². The molecule has 0 amide bonds. The molecular formula is C9H10ClNO. The number of halogens is 1. The van der Waals surface area contributed by atoms with E-state index in [2.05, 4.69) is 5.32 Å². The van der Waals surface area contributed by atoms with Crippen molar-refractivity contribution in [1.29, 1.82) is 0 Å². The summed E-state index contributed by atoms with van der Waals surface area (Å²) in [6, 6.07) is 5.80. The van der Waals surface area contributed by atoms with Crippen LogP contribution >= 0.6 is 11.6 Å². The molecule has 0 saturated heterocycles. The average Bonchev–Trinajstić information content (AvgIpc) is 2.04. The Balaban J connectivity index is 2.46. The predicted molar refractivity (Wildman–Crippen MR) is 49.4 cm³/mol. The molecule has 1 N–H and O–H groups in total. The fraction of sp³-hybridized carbons (Fsp3) is 0.333. The molecule has 0 aromatic heterocycles. The Bertz CT molecular complexity index is 301. The first-order valence-electron chi connectivity index (χ1n) is 3.92. The number of rotatable bonds is 0. The summed E-state index contributed by atoms with van der Waals surface area (Å²) in [4.78, 5) is 0. The molecular weight excluding hydrogens is 174 g/mol. The Hall–Kier alpha value is -0.730. The highest BCUT2D eigenvalue weighted by Gasteiger charge is 2.15. The largest absolute Gasteiger partial charge is 0.362 e. The van der Waals surface area contributed by atoms with Crippen LogP contribution in [0.1, 0.15) is 18.6 Å². The van der Waals surface area contributed by atoms with Crippen LogP contribution in [-0.4, -0.2) is 6.73 Å². The van der Waals surface area contributed by atoms with Crippen molar-refractivity contribution >= 4 is 17.3 Å². The molecule has 1 heterocycles. The Morgan fingerprint density at radius 3 is 3.25 bits per heavy atom. The van der Waals surface area contributed by atoms with Gasteiger partial charge in [-0.15, -0.1) is 0 Å². The third kappa shape index (κ3) is 1.28. The molecule has 0 radical (unpaired) electrons. The van der Waals surface area contributed by atoms with Gasteiger partial charge in [0, 0.05) is 16.3 Å². The Morgan fingerprint density at radius 1 is 1.58 bits per heavy atom. The lowest BCUT2D eigenvalue weighted by Gasteiger charge is -2.24. The summed E-state index contributed by atoms with van der Waals surface area (Å²) in [5, 5.41) is 3.89. The number of nitrogens with one attached hydrogen (secondary N) is 1. The van der Waals surface area contributed by atoms with Crippen molar-refractivity contribution in [1.82, 2.24) is 0 Å². The zero-order valence-electron chi connectivity index (χ0n) is 6.80. The lowest BCUT2D eigenvalue weighted by molar-refractivity contribution is 0.0727. The van der Waals surface area contributed by atoms with Crippen molar-refractivity contribution in [2.24, 2.45) is 0 Å². The summed E-state index contributed by atoms with van der Waals surface area (Å²) in [6.07, 6.45) is 0.165. The van der Waals surface area contributed by atoms with Crippen LogP contribution in [-0.2, 0) is 4.74 Å². The SMILES string of the molecule is CC1OCNc2cc(Cl)ccc21. The maximum atomic E-state index is 5.84. The van der Waals surface area contributed by atoms with Crippen molar-refractivity contribution in [2.45, 2.75) is 13.0 Å². The van der Waals surface area contributed by atoms with Gasteiger partial charge in [-0.05, 0) is 19.1 Å². The van der Waals surface area contributed by atoms with Gasteiger partial charge in [0.05, 0.1) is 6.10 Å². The second kappa shape index (κ2) is 2.96. The Labute approximate surface area is 76.5 Å². The van der Waals surface area contributed by atoms with Crippen LogP contribution in [0, 0.1) is 0 Å². The lowest BCUT2D eigenvalue weighted by Crippen LogP contribution is -2.17. The summed E-state index contributed by atoms with van der Waals surface area (Å²) in [7, 11) is 0. The first kappa shape index (κ1) is 7.90. The minimum absolute atomic E-state index is 0.165. The average molecular weight is 184 g/mol. The van der Waals surface area contributed by atoms with Gasteiger partial charge in [0.25, 0.3) is 0 Å². The highest BCUT2D eigenvalue weighted by molar-refractivity contribution is 6.30. The van der Waals surface area contributed by atoms with Crippen LogP contribution in [0.4, 0.5) is 5.69 Å². The number of benzene rings is 1. The van der Waals surface area contributed by atoms with Gasteiger partial charge >= 0.3 is 0 Å². The predicted octanol–water partition coefficient (Wildman–Crippen LogP) is 2.80. The Kier molecular flexibility index (Phi) is 1.95. The van der Waals surface area contributed by atoms with Gasteiger partial charge in [-0.25, -0.2) is 0 Å². The summed E-state index contributed by atoms with van der Waals surface area (Å²) in [5.41, 5.74) is 2.26. The van der Waals surface area contributed by atoms with Crippen LogP contribution < -0.4 is 5.32 Å². The number of fused-ring (bicyclic) bond motifs is 1. The maximum absolute atomic E-state index is 5.84. The van der Waals surface area contributed by atoms with Crippen LogP contribution in [0.15, 0.2) is 18.2 Å². The smallest absolute Gasteiger partial charge is 0.117 e. The molecule has 2 nitrogen and oxygen atoms in total. The summed E-state index contributed by atoms with van der Waals surface area (Å²) >= 11 is 5.84. The van der Waals surface area contributed by atoms with E-state index in [9.17, 15) is 0 Å². The van der Waals surface area contributed by atoms with E-state index in [-0.39, 0.29) is 6.10 Å². The van der Waals surface area contributed by atoms with Crippen molar-refractivity contribution in [2.75, 3.05) is 12.0 Å². The number of ether oxygens (including phenoxy) is 1. The number of anilines is 1. The first-order chi connectivity index (χ1) is 5.77. The zero-order chi connectivity index (χ0) is 8.55. The summed E-state index contributed by atoms with van der Waals surface area (Å²) < 4.78 is 5.39. The van der Waals surface area contributed by atoms with Gasteiger partial charge in [0.1, 0.15) is 6.73 Å².